The van der Waals surface area contributed by atoms with Crippen LogP contribution >= 0.6 is 0 Å². The van der Waals surface area contributed by atoms with Gasteiger partial charge in [0.15, 0.2) is 0 Å². The van der Waals surface area contributed by atoms with Crippen molar-refractivity contribution in [2.24, 2.45) is 0 Å². The van der Waals surface area contributed by atoms with E-state index in [1.165, 1.54) is 5.56 Å². The van der Waals surface area contributed by atoms with Gasteiger partial charge in [0.05, 0.1) is 0 Å². The van der Waals surface area contributed by atoms with Gasteiger partial charge in [0.25, 0.3) is 0 Å². The summed E-state index contributed by atoms with van der Waals surface area (Å²) in [5, 5.41) is 2.57. The molecule has 1 unspecified atom stereocenters. The molecule has 1 aromatic carbocycles. The summed E-state index contributed by atoms with van der Waals surface area (Å²) in [4.78, 5) is 23.0. The molecule has 0 aliphatic heterocycles. The quantitative estimate of drug-likeness (QED) is 0.863. The van der Waals surface area contributed by atoms with Gasteiger partial charge in [-0.2, -0.15) is 0 Å². The Hall–Kier alpha value is -1.84. The van der Waals surface area contributed by atoms with Crippen LogP contribution in [0.5, 0.6) is 0 Å². The first-order valence-corrected chi connectivity index (χ1v) is 7.08. The second kappa shape index (κ2) is 6.29. The number of aldehydes is 1. The van der Waals surface area contributed by atoms with Crippen LogP contribution in [0.4, 0.5) is 4.79 Å². The Balaban J connectivity index is 2.81. The zero-order chi connectivity index (χ0) is 16.3. The summed E-state index contributed by atoms with van der Waals surface area (Å²) < 4.78 is 5.16. The van der Waals surface area contributed by atoms with Gasteiger partial charge in [-0.15, -0.1) is 0 Å². The average Bonchev–Trinajstić information content (AvgIpc) is 2.33. The van der Waals surface area contributed by atoms with E-state index in [0.717, 1.165) is 5.56 Å². The molecule has 4 nitrogen and oxygen atoms in total. The Morgan fingerprint density at radius 2 is 1.62 bits per heavy atom. The fourth-order valence-electron chi connectivity index (χ4n) is 1.82. The van der Waals surface area contributed by atoms with Gasteiger partial charge in [-0.3, -0.25) is 0 Å². The number of carbonyl (C=O) groups excluding carboxylic acids is 2. The molecule has 1 rings (SSSR count). The molecule has 0 spiro atoms. The molecule has 0 aliphatic rings. The van der Waals surface area contributed by atoms with Gasteiger partial charge in [-0.25, -0.2) is 4.79 Å². The molecule has 0 fully saturated rings. The standard InChI is InChI=1S/C17H25NO3/c1-16(2,3)13-9-7-12(8-10-13)14(11-19)18-15(20)21-17(4,5)6/h7-11,14H,1-6H3,(H,18,20). The first kappa shape index (κ1) is 17.2. The highest BCUT2D eigenvalue weighted by Crippen LogP contribution is 2.23. The monoisotopic (exact) mass is 291 g/mol. The molecule has 1 amide bonds. The van der Waals surface area contributed by atoms with Crippen LogP contribution in [0.15, 0.2) is 24.3 Å². The van der Waals surface area contributed by atoms with Crippen molar-refractivity contribution in [3.8, 4) is 0 Å². The highest BCUT2D eigenvalue weighted by atomic mass is 16.6. The van der Waals surface area contributed by atoms with E-state index in [9.17, 15) is 9.59 Å². The molecule has 116 valence electrons. The molecule has 0 saturated heterocycles. The highest BCUT2D eigenvalue weighted by Gasteiger charge is 2.21. The van der Waals surface area contributed by atoms with Crippen molar-refractivity contribution in [2.45, 2.75) is 58.6 Å². The molecule has 1 N–H and O–H groups in total. The third-order valence-electron chi connectivity index (χ3n) is 2.94. The number of carbonyl (C=O) groups is 2. The maximum absolute atomic E-state index is 11.7. The number of hydrogen-bond donors (Lipinski definition) is 1. The number of ether oxygens (including phenoxy) is 1. The van der Waals surface area contributed by atoms with E-state index >= 15 is 0 Å². The highest BCUT2D eigenvalue weighted by molar-refractivity contribution is 5.74. The van der Waals surface area contributed by atoms with Crippen LogP contribution in [0.2, 0.25) is 0 Å². The summed E-state index contributed by atoms with van der Waals surface area (Å²) in [6.07, 6.45) is 0.107. The predicted molar refractivity (Wildman–Crippen MR) is 83.3 cm³/mol. The first-order chi connectivity index (χ1) is 9.53. The number of benzene rings is 1. The lowest BCUT2D eigenvalue weighted by molar-refractivity contribution is -0.109. The third-order valence-corrected chi connectivity index (χ3v) is 2.94. The molecular formula is C17H25NO3. The van der Waals surface area contributed by atoms with Crippen LogP contribution in [-0.2, 0) is 14.9 Å². The van der Waals surface area contributed by atoms with E-state index in [1.54, 1.807) is 20.8 Å². The van der Waals surface area contributed by atoms with Crippen molar-refractivity contribution < 1.29 is 14.3 Å². The summed E-state index contributed by atoms with van der Waals surface area (Å²) >= 11 is 0. The zero-order valence-corrected chi connectivity index (χ0v) is 13.7. The lowest BCUT2D eigenvalue weighted by Crippen LogP contribution is -2.35. The SMILES string of the molecule is CC(C)(C)OC(=O)NC(C=O)c1ccc(C(C)(C)C)cc1. The Morgan fingerprint density at radius 3 is 2.00 bits per heavy atom. The summed E-state index contributed by atoms with van der Waals surface area (Å²) in [5.74, 6) is 0. The topological polar surface area (TPSA) is 55.4 Å². The predicted octanol–water partition coefficient (Wildman–Crippen LogP) is 3.75. The number of amides is 1. The molecule has 4 heteroatoms. The van der Waals surface area contributed by atoms with E-state index < -0.39 is 17.7 Å². The van der Waals surface area contributed by atoms with E-state index in [-0.39, 0.29) is 5.41 Å². The molecule has 21 heavy (non-hydrogen) atoms. The van der Waals surface area contributed by atoms with Gasteiger partial charge < -0.3 is 14.8 Å². The molecule has 0 aliphatic carbocycles. The number of rotatable bonds is 3. The van der Waals surface area contributed by atoms with Crippen molar-refractivity contribution in [1.82, 2.24) is 5.32 Å². The fourth-order valence-corrected chi connectivity index (χ4v) is 1.82. The van der Waals surface area contributed by atoms with Gasteiger partial charge in [0.1, 0.15) is 17.9 Å². The Morgan fingerprint density at radius 1 is 1.10 bits per heavy atom. The van der Waals surface area contributed by atoms with Crippen LogP contribution in [0, 0.1) is 0 Å². The molecular weight excluding hydrogens is 266 g/mol. The van der Waals surface area contributed by atoms with E-state index in [1.807, 2.05) is 24.3 Å². The molecule has 0 aromatic heterocycles. The minimum atomic E-state index is -0.700. The van der Waals surface area contributed by atoms with Gasteiger partial charge in [-0.05, 0) is 37.3 Å². The van der Waals surface area contributed by atoms with Crippen molar-refractivity contribution >= 4 is 12.4 Å². The molecule has 0 heterocycles. The van der Waals surface area contributed by atoms with E-state index in [4.69, 9.17) is 4.74 Å². The van der Waals surface area contributed by atoms with Crippen molar-refractivity contribution in [3.63, 3.8) is 0 Å². The average molecular weight is 291 g/mol. The van der Waals surface area contributed by atoms with Gasteiger partial charge in [0.2, 0.25) is 0 Å². The molecule has 1 atom stereocenters. The maximum atomic E-state index is 11.7. The van der Waals surface area contributed by atoms with Crippen LogP contribution in [-0.4, -0.2) is 18.0 Å². The Bertz CT molecular complexity index is 492. The second-order valence-corrected chi connectivity index (χ2v) is 7.13. The number of nitrogens with one attached hydrogen (secondary N) is 1. The first-order valence-electron chi connectivity index (χ1n) is 7.08. The van der Waals surface area contributed by atoms with Crippen molar-refractivity contribution in [1.29, 1.82) is 0 Å². The summed E-state index contributed by atoms with van der Waals surface area (Å²) in [7, 11) is 0. The smallest absolute Gasteiger partial charge is 0.408 e. The number of alkyl carbamates (subject to hydrolysis) is 1. The van der Waals surface area contributed by atoms with Gasteiger partial charge in [0, 0.05) is 0 Å². The summed E-state index contributed by atoms with van der Waals surface area (Å²) in [5.41, 5.74) is 1.37. The second-order valence-electron chi connectivity index (χ2n) is 7.13. The fraction of sp³-hybridized carbons (Fsp3) is 0.529. The lowest BCUT2D eigenvalue weighted by Gasteiger charge is -2.22. The molecule has 0 radical (unpaired) electrons. The molecule has 0 saturated carbocycles. The molecule has 1 aromatic rings. The minimum Gasteiger partial charge on any atom is -0.444 e. The zero-order valence-electron chi connectivity index (χ0n) is 13.7. The van der Waals surface area contributed by atoms with Gasteiger partial charge in [-0.1, -0.05) is 45.0 Å². The minimum absolute atomic E-state index is 0.0494. The van der Waals surface area contributed by atoms with Crippen molar-refractivity contribution in [3.05, 3.63) is 35.4 Å². The Labute approximate surface area is 126 Å². The van der Waals surface area contributed by atoms with Gasteiger partial charge >= 0.3 is 6.09 Å². The number of hydrogen-bond acceptors (Lipinski definition) is 3. The normalized spacial score (nSPS) is 13.4. The van der Waals surface area contributed by atoms with E-state index in [2.05, 4.69) is 26.1 Å². The lowest BCUT2D eigenvalue weighted by atomic mass is 9.86. The summed E-state index contributed by atoms with van der Waals surface area (Å²) in [6.45, 7) is 11.7. The third kappa shape index (κ3) is 5.58. The summed E-state index contributed by atoms with van der Waals surface area (Å²) in [6, 6.07) is 6.97. The maximum Gasteiger partial charge on any atom is 0.408 e. The van der Waals surface area contributed by atoms with Crippen LogP contribution in [0.1, 0.15) is 58.7 Å². The Kier molecular flexibility index (Phi) is 5.15. The van der Waals surface area contributed by atoms with Crippen LogP contribution in [0.3, 0.4) is 0 Å². The van der Waals surface area contributed by atoms with Crippen LogP contribution in [0.25, 0.3) is 0 Å². The molecule has 0 bridgehead atoms. The van der Waals surface area contributed by atoms with E-state index in [0.29, 0.717) is 6.29 Å². The van der Waals surface area contributed by atoms with Crippen molar-refractivity contribution in [2.75, 3.05) is 0 Å². The van der Waals surface area contributed by atoms with Crippen LogP contribution < -0.4 is 5.32 Å². The largest absolute Gasteiger partial charge is 0.444 e.